The van der Waals surface area contributed by atoms with Crippen LogP contribution in [0.4, 0.5) is 0 Å². The molecule has 0 N–H and O–H groups in total. The number of hydrogen-bond acceptors (Lipinski definition) is 8. The molecule has 0 saturated carbocycles. The minimum Gasteiger partial charge on any atom is -0.497 e. The van der Waals surface area contributed by atoms with E-state index in [1.54, 1.807) is 30.2 Å². The molecule has 3 heterocycles. The molecule has 0 saturated heterocycles. The van der Waals surface area contributed by atoms with E-state index >= 15 is 0 Å². The standard InChI is InChI=1S/C21H21N5O2S2/c1-3-12-26-20(15-8-10-16(27-2)11-9-15)23-24-21(26)30-14-5-7-18-22-19(25-28-18)17-6-4-13-29-17/h3-4,6,8-11,13H,1,5,7,12,14H2,2H3. The topological polar surface area (TPSA) is 78.9 Å². The van der Waals surface area contributed by atoms with E-state index in [1.165, 1.54) is 0 Å². The second-order valence-electron chi connectivity index (χ2n) is 6.38. The Hall–Kier alpha value is -2.91. The Morgan fingerprint density at radius 1 is 1.23 bits per heavy atom. The third-order valence-corrected chi connectivity index (χ3v) is 6.27. The Labute approximate surface area is 182 Å². The molecule has 0 atom stereocenters. The van der Waals surface area contributed by atoms with Crippen LogP contribution < -0.4 is 4.74 Å². The predicted octanol–water partition coefficient (Wildman–Crippen LogP) is 4.98. The molecule has 0 radical (unpaired) electrons. The summed E-state index contributed by atoms with van der Waals surface area (Å²) in [5.74, 6) is 3.81. The minimum absolute atomic E-state index is 0.643. The molecule has 4 rings (SSSR count). The van der Waals surface area contributed by atoms with Crippen LogP contribution in [0.3, 0.4) is 0 Å². The van der Waals surface area contributed by atoms with Crippen molar-refractivity contribution < 1.29 is 9.26 Å². The van der Waals surface area contributed by atoms with Gasteiger partial charge in [0.1, 0.15) is 5.75 Å². The number of benzene rings is 1. The van der Waals surface area contributed by atoms with Crippen LogP contribution in [-0.4, -0.2) is 37.8 Å². The molecule has 9 heteroatoms. The lowest BCUT2D eigenvalue weighted by Gasteiger charge is -2.08. The zero-order valence-electron chi connectivity index (χ0n) is 16.5. The van der Waals surface area contributed by atoms with Crippen LogP contribution in [-0.2, 0) is 13.0 Å². The van der Waals surface area contributed by atoms with Crippen LogP contribution in [0, 0.1) is 0 Å². The molecular weight excluding hydrogens is 418 g/mol. The third kappa shape index (κ3) is 4.63. The summed E-state index contributed by atoms with van der Waals surface area (Å²) in [6, 6.07) is 11.8. The zero-order valence-corrected chi connectivity index (χ0v) is 18.2. The molecule has 0 aliphatic rings. The normalized spacial score (nSPS) is 11.0. The Bertz CT molecular complexity index is 1090. The van der Waals surface area contributed by atoms with Crippen molar-refractivity contribution in [3.8, 4) is 27.8 Å². The fourth-order valence-corrected chi connectivity index (χ4v) is 4.43. The Kier molecular flexibility index (Phi) is 6.60. The quantitative estimate of drug-likeness (QED) is 0.196. The summed E-state index contributed by atoms with van der Waals surface area (Å²) < 4.78 is 12.7. The van der Waals surface area contributed by atoms with Crippen LogP contribution in [0.5, 0.6) is 5.75 Å². The van der Waals surface area contributed by atoms with Gasteiger partial charge < -0.3 is 9.26 Å². The number of allylic oxidation sites excluding steroid dienone is 1. The molecule has 0 fully saturated rings. The molecule has 7 nitrogen and oxygen atoms in total. The summed E-state index contributed by atoms with van der Waals surface area (Å²) in [6.07, 6.45) is 3.48. The molecule has 0 aliphatic carbocycles. The van der Waals surface area contributed by atoms with Crippen LogP contribution in [0.15, 0.2) is 64.1 Å². The summed E-state index contributed by atoms with van der Waals surface area (Å²) in [6.45, 7) is 4.51. The number of nitrogens with zero attached hydrogens (tertiary/aromatic N) is 5. The molecule has 1 aromatic carbocycles. The fraction of sp³-hybridized carbons (Fsp3) is 0.238. The van der Waals surface area contributed by atoms with Crippen molar-refractivity contribution in [3.63, 3.8) is 0 Å². The number of thioether (sulfide) groups is 1. The van der Waals surface area contributed by atoms with Gasteiger partial charge in [-0.2, -0.15) is 4.98 Å². The first-order chi connectivity index (χ1) is 14.8. The summed E-state index contributed by atoms with van der Waals surface area (Å²) >= 11 is 3.26. The summed E-state index contributed by atoms with van der Waals surface area (Å²) in [4.78, 5) is 5.49. The smallest absolute Gasteiger partial charge is 0.227 e. The molecule has 154 valence electrons. The second kappa shape index (κ2) is 9.73. The molecule has 4 aromatic rings. The minimum atomic E-state index is 0.643. The van der Waals surface area contributed by atoms with Gasteiger partial charge in [0.15, 0.2) is 11.0 Å². The number of aromatic nitrogens is 5. The van der Waals surface area contributed by atoms with Gasteiger partial charge in [-0.3, -0.25) is 4.57 Å². The van der Waals surface area contributed by atoms with Gasteiger partial charge in [0.05, 0.1) is 12.0 Å². The largest absolute Gasteiger partial charge is 0.497 e. The average Bonchev–Trinajstić information content (AvgIpc) is 3.53. The Morgan fingerprint density at radius 2 is 2.10 bits per heavy atom. The van der Waals surface area contributed by atoms with Crippen molar-refractivity contribution in [2.45, 2.75) is 24.5 Å². The van der Waals surface area contributed by atoms with E-state index in [-0.39, 0.29) is 0 Å². The van der Waals surface area contributed by atoms with E-state index in [0.29, 0.717) is 18.3 Å². The maximum absolute atomic E-state index is 5.36. The van der Waals surface area contributed by atoms with Gasteiger partial charge >= 0.3 is 0 Å². The van der Waals surface area contributed by atoms with Crippen molar-refractivity contribution in [2.75, 3.05) is 12.9 Å². The van der Waals surface area contributed by atoms with E-state index in [0.717, 1.165) is 45.8 Å². The summed E-state index contributed by atoms with van der Waals surface area (Å²) in [5.41, 5.74) is 0.990. The highest BCUT2D eigenvalue weighted by Crippen LogP contribution is 2.26. The van der Waals surface area contributed by atoms with Gasteiger partial charge in [-0.15, -0.1) is 28.1 Å². The first kappa shape index (κ1) is 20.4. The molecule has 0 spiro atoms. The maximum atomic E-state index is 5.36. The van der Waals surface area contributed by atoms with Crippen molar-refractivity contribution >= 4 is 23.1 Å². The van der Waals surface area contributed by atoms with E-state index in [4.69, 9.17) is 9.26 Å². The van der Waals surface area contributed by atoms with Gasteiger partial charge in [-0.25, -0.2) is 0 Å². The lowest BCUT2D eigenvalue weighted by molar-refractivity contribution is 0.378. The van der Waals surface area contributed by atoms with E-state index in [9.17, 15) is 0 Å². The highest BCUT2D eigenvalue weighted by molar-refractivity contribution is 7.99. The summed E-state index contributed by atoms with van der Waals surface area (Å²) in [5, 5.41) is 15.7. The SMILES string of the molecule is C=CCn1c(SCCCc2nc(-c3cccs3)no2)nnc1-c1ccc(OC)cc1. The van der Waals surface area contributed by atoms with Crippen molar-refractivity contribution in [1.29, 1.82) is 0 Å². The number of methoxy groups -OCH3 is 1. The van der Waals surface area contributed by atoms with Crippen LogP contribution in [0.25, 0.3) is 22.1 Å². The van der Waals surface area contributed by atoms with E-state index in [1.807, 2.05) is 47.9 Å². The first-order valence-electron chi connectivity index (χ1n) is 9.46. The number of ether oxygens (including phenoxy) is 1. The number of thiophene rings is 1. The van der Waals surface area contributed by atoms with E-state index < -0.39 is 0 Å². The van der Waals surface area contributed by atoms with E-state index in [2.05, 4.69) is 31.5 Å². The monoisotopic (exact) mass is 439 g/mol. The predicted molar refractivity (Wildman–Crippen MR) is 119 cm³/mol. The van der Waals surface area contributed by atoms with Crippen LogP contribution >= 0.6 is 23.1 Å². The molecule has 0 bridgehead atoms. The third-order valence-electron chi connectivity index (χ3n) is 4.35. The second-order valence-corrected chi connectivity index (χ2v) is 8.38. The zero-order chi connectivity index (χ0) is 20.8. The maximum Gasteiger partial charge on any atom is 0.227 e. The first-order valence-corrected chi connectivity index (χ1v) is 11.3. The van der Waals surface area contributed by atoms with Crippen molar-refractivity contribution in [2.24, 2.45) is 0 Å². The average molecular weight is 440 g/mol. The number of rotatable bonds is 10. The molecule has 0 unspecified atom stereocenters. The summed E-state index contributed by atoms with van der Waals surface area (Å²) in [7, 11) is 1.65. The lowest BCUT2D eigenvalue weighted by Crippen LogP contribution is -2.01. The molecule has 0 aliphatic heterocycles. The van der Waals surface area contributed by atoms with Crippen LogP contribution in [0.2, 0.25) is 0 Å². The van der Waals surface area contributed by atoms with Gasteiger partial charge in [0.2, 0.25) is 11.7 Å². The van der Waals surface area contributed by atoms with Gasteiger partial charge in [0.25, 0.3) is 0 Å². The highest BCUT2D eigenvalue weighted by Gasteiger charge is 2.14. The van der Waals surface area contributed by atoms with Gasteiger partial charge in [0, 0.05) is 24.3 Å². The lowest BCUT2D eigenvalue weighted by atomic mass is 10.2. The fourth-order valence-electron chi connectivity index (χ4n) is 2.89. The molecule has 0 amide bonds. The molecular formula is C21H21N5O2S2. The van der Waals surface area contributed by atoms with Gasteiger partial charge in [-0.1, -0.05) is 29.1 Å². The van der Waals surface area contributed by atoms with Crippen LogP contribution in [0.1, 0.15) is 12.3 Å². The van der Waals surface area contributed by atoms with Gasteiger partial charge in [-0.05, 0) is 42.1 Å². The Morgan fingerprint density at radius 3 is 2.83 bits per heavy atom. The van der Waals surface area contributed by atoms with Crippen molar-refractivity contribution in [1.82, 2.24) is 24.9 Å². The number of hydrogen-bond donors (Lipinski definition) is 0. The molecule has 3 aromatic heterocycles. The number of aryl methyl sites for hydroxylation is 1. The Balaban J connectivity index is 1.37. The van der Waals surface area contributed by atoms with Crippen molar-refractivity contribution in [3.05, 3.63) is 60.3 Å². The molecule has 30 heavy (non-hydrogen) atoms. The highest BCUT2D eigenvalue weighted by atomic mass is 32.2.